The van der Waals surface area contributed by atoms with Crippen LogP contribution >= 0.6 is 0 Å². The topological polar surface area (TPSA) is 50.3 Å². The summed E-state index contributed by atoms with van der Waals surface area (Å²) in [7, 11) is 1.69. The fourth-order valence-corrected chi connectivity index (χ4v) is 3.82. The molecule has 1 N–H and O–H groups in total. The first kappa shape index (κ1) is 19.2. The van der Waals surface area contributed by atoms with E-state index < -0.39 is 0 Å². The van der Waals surface area contributed by atoms with E-state index in [-0.39, 0.29) is 11.9 Å². The van der Waals surface area contributed by atoms with Crippen molar-refractivity contribution in [1.29, 1.82) is 0 Å². The van der Waals surface area contributed by atoms with Gasteiger partial charge < -0.3 is 15.0 Å². The maximum absolute atomic E-state index is 13.2. The first-order valence-corrected chi connectivity index (χ1v) is 9.77. The van der Waals surface area contributed by atoms with E-state index in [0.717, 1.165) is 41.5 Å². The molecule has 0 spiro atoms. The number of nitrogens with one attached hydrogen (secondary N) is 1. The third-order valence-corrected chi connectivity index (χ3v) is 5.63. The van der Waals surface area contributed by atoms with E-state index in [1.807, 2.05) is 13.0 Å². The first-order chi connectivity index (χ1) is 14.0. The van der Waals surface area contributed by atoms with Gasteiger partial charge in [-0.1, -0.05) is 6.07 Å². The Morgan fingerprint density at radius 3 is 2.59 bits per heavy atom. The van der Waals surface area contributed by atoms with Crippen molar-refractivity contribution in [2.45, 2.75) is 33.2 Å². The van der Waals surface area contributed by atoms with E-state index in [1.165, 1.54) is 23.3 Å². The largest absolute Gasteiger partial charge is 0.497 e. The lowest BCUT2D eigenvalue weighted by atomic mass is 9.93. The lowest BCUT2D eigenvalue weighted by Gasteiger charge is -2.37. The smallest absolute Gasteiger partial charge is 0.229 e. The van der Waals surface area contributed by atoms with E-state index in [4.69, 9.17) is 9.72 Å². The Kier molecular flexibility index (Phi) is 5.09. The number of nitrogens with zero attached hydrogens (tertiary/aromatic N) is 3. The molecule has 1 aliphatic rings. The molecule has 1 aliphatic heterocycles. The minimum atomic E-state index is -0.270. The second-order valence-corrected chi connectivity index (χ2v) is 7.40. The summed E-state index contributed by atoms with van der Waals surface area (Å²) in [5, 5.41) is 3.20. The van der Waals surface area contributed by atoms with Crippen molar-refractivity contribution >= 4 is 17.5 Å². The van der Waals surface area contributed by atoms with Crippen molar-refractivity contribution in [3.05, 3.63) is 70.7 Å². The van der Waals surface area contributed by atoms with Crippen molar-refractivity contribution in [3.8, 4) is 5.75 Å². The lowest BCUT2D eigenvalue weighted by molar-refractivity contribution is 0.413. The number of halogens is 1. The molecule has 1 unspecified atom stereocenters. The maximum Gasteiger partial charge on any atom is 0.229 e. The van der Waals surface area contributed by atoms with Gasteiger partial charge in [0.1, 0.15) is 17.4 Å². The number of aromatic nitrogens is 2. The highest BCUT2D eigenvalue weighted by molar-refractivity contribution is 5.60. The quantitative estimate of drug-likeness (QED) is 0.669. The maximum atomic E-state index is 13.2. The molecule has 5 nitrogen and oxygen atoms in total. The van der Waals surface area contributed by atoms with Crippen molar-refractivity contribution < 1.29 is 9.13 Å². The zero-order chi connectivity index (χ0) is 20.5. The Balaban J connectivity index is 1.68. The summed E-state index contributed by atoms with van der Waals surface area (Å²) in [5.74, 6) is 2.03. The second kappa shape index (κ2) is 7.70. The zero-order valence-corrected chi connectivity index (χ0v) is 17.2. The molecule has 0 bridgehead atoms. The van der Waals surface area contributed by atoms with Crippen LogP contribution < -0.4 is 15.0 Å². The van der Waals surface area contributed by atoms with Crippen LogP contribution in [0.1, 0.15) is 35.3 Å². The van der Waals surface area contributed by atoms with Crippen LogP contribution in [0, 0.1) is 19.7 Å². The van der Waals surface area contributed by atoms with Crippen molar-refractivity contribution in [3.63, 3.8) is 0 Å². The number of anilines is 3. The number of aryl methyl sites for hydroxylation is 1. The van der Waals surface area contributed by atoms with Crippen LogP contribution in [0.5, 0.6) is 5.75 Å². The SMILES string of the molecule is COc1ccc2c(c1)C(C)N(c1nc(Nc3ccc(F)cc3)nc(C)c1C)CC2. The minimum Gasteiger partial charge on any atom is -0.497 e. The number of ether oxygens (including phenoxy) is 1. The van der Waals surface area contributed by atoms with Crippen LogP contribution in [0.4, 0.5) is 21.8 Å². The average Bonchev–Trinajstić information content (AvgIpc) is 2.72. The van der Waals surface area contributed by atoms with Crippen LogP contribution in [0.2, 0.25) is 0 Å². The molecule has 2 heterocycles. The standard InChI is InChI=1S/C23H25FN4O/c1-14-15(2)25-23(26-19-8-6-18(24)7-9-19)27-22(14)28-12-11-17-5-10-20(29-4)13-21(17)16(28)3/h5-10,13,16H,11-12H2,1-4H3,(H,25,26,27). The van der Waals surface area contributed by atoms with Gasteiger partial charge in [-0.15, -0.1) is 0 Å². The summed E-state index contributed by atoms with van der Waals surface area (Å²) in [5.41, 5.74) is 5.35. The molecule has 1 aromatic heterocycles. The van der Waals surface area contributed by atoms with Crippen molar-refractivity contribution in [2.75, 3.05) is 23.9 Å². The molecule has 1 atom stereocenters. The van der Waals surface area contributed by atoms with Gasteiger partial charge >= 0.3 is 0 Å². The Bertz CT molecular complexity index is 1040. The summed E-state index contributed by atoms with van der Waals surface area (Å²) in [6, 6.07) is 12.7. The first-order valence-electron chi connectivity index (χ1n) is 9.77. The van der Waals surface area contributed by atoms with Gasteiger partial charge in [-0.25, -0.2) is 9.37 Å². The summed E-state index contributed by atoms with van der Waals surface area (Å²) >= 11 is 0. The Morgan fingerprint density at radius 1 is 1.10 bits per heavy atom. The summed E-state index contributed by atoms with van der Waals surface area (Å²) < 4.78 is 18.6. The van der Waals surface area contributed by atoms with E-state index in [0.29, 0.717) is 5.95 Å². The molecule has 3 aromatic rings. The number of hydrogen-bond acceptors (Lipinski definition) is 5. The van der Waals surface area contributed by atoms with Crippen LogP contribution in [0.3, 0.4) is 0 Å². The highest BCUT2D eigenvalue weighted by atomic mass is 19.1. The average molecular weight is 392 g/mol. The van der Waals surface area contributed by atoms with Crippen LogP contribution in [0.25, 0.3) is 0 Å². The second-order valence-electron chi connectivity index (χ2n) is 7.40. The third-order valence-electron chi connectivity index (χ3n) is 5.63. The van der Waals surface area contributed by atoms with E-state index in [1.54, 1.807) is 19.2 Å². The van der Waals surface area contributed by atoms with Crippen molar-refractivity contribution in [2.24, 2.45) is 0 Å². The van der Waals surface area contributed by atoms with Gasteiger partial charge in [0.2, 0.25) is 5.95 Å². The molecule has 29 heavy (non-hydrogen) atoms. The fourth-order valence-electron chi connectivity index (χ4n) is 3.82. The van der Waals surface area contributed by atoms with Crippen LogP contribution in [-0.2, 0) is 6.42 Å². The van der Waals surface area contributed by atoms with Crippen LogP contribution in [0.15, 0.2) is 42.5 Å². The van der Waals surface area contributed by atoms with Gasteiger partial charge in [0.25, 0.3) is 0 Å². The Morgan fingerprint density at radius 2 is 1.86 bits per heavy atom. The molecule has 2 aromatic carbocycles. The third kappa shape index (κ3) is 3.75. The highest BCUT2D eigenvalue weighted by Gasteiger charge is 2.27. The number of hydrogen-bond donors (Lipinski definition) is 1. The molecular weight excluding hydrogens is 367 g/mol. The highest BCUT2D eigenvalue weighted by Crippen LogP contribution is 2.36. The Hall–Kier alpha value is -3.15. The normalized spacial score (nSPS) is 15.8. The molecule has 4 rings (SSSR count). The monoisotopic (exact) mass is 392 g/mol. The molecule has 0 amide bonds. The predicted molar refractivity (Wildman–Crippen MR) is 114 cm³/mol. The van der Waals surface area contributed by atoms with E-state index in [9.17, 15) is 4.39 Å². The summed E-state index contributed by atoms with van der Waals surface area (Å²) in [4.78, 5) is 11.7. The molecule has 0 saturated carbocycles. The molecule has 6 heteroatoms. The van der Waals surface area contributed by atoms with Gasteiger partial charge in [-0.05, 0) is 74.7 Å². The van der Waals surface area contributed by atoms with Crippen molar-refractivity contribution in [1.82, 2.24) is 9.97 Å². The zero-order valence-electron chi connectivity index (χ0n) is 17.2. The molecule has 0 fully saturated rings. The molecule has 0 aliphatic carbocycles. The summed E-state index contributed by atoms with van der Waals surface area (Å²) in [6.45, 7) is 7.12. The fraction of sp³-hybridized carbons (Fsp3) is 0.304. The molecular formula is C23H25FN4O. The minimum absolute atomic E-state index is 0.167. The predicted octanol–water partition coefficient (Wildman–Crippen LogP) is 5.11. The van der Waals surface area contributed by atoms with E-state index >= 15 is 0 Å². The number of fused-ring (bicyclic) bond motifs is 1. The number of benzene rings is 2. The van der Waals surface area contributed by atoms with Gasteiger partial charge in [0.05, 0.1) is 13.2 Å². The van der Waals surface area contributed by atoms with Gasteiger partial charge in [-0.2, -0.15) is 4.98 Å². The molecule has 0 saturated heterocycles. The van der Waals surface area contributed by atoms with Gasteiger partial charge in [0, 0.05) is 23.5 Å². The Labute approximate surface area is 170 Å². The molecule has 150 valence electrons. The lowest BCUT2D eigenvalue weighted by Crippen LogP contribution is -2.35. The summed E-state index contributed by atoms with van der Waals surface area (Å²) in [6.07, 6.45) is 0.951. The number of methoxy groups -OCH3 is 1. The molecule has 0 radical (unpaired) electrons. The van der Waals surface area contributed by atoms with Gasteiger partial charge in [0.15, 0.2) is 0 Å². The van der Waals surface area contributed by atoms with Gasteiger partial charge in [-0.3, -0.25) is 0 Å². The number of rotatable bonds is 4. The van der Waals surface area contributed by atoms with Crippen LogP contribution in [-0.4, -0.2) is 23.6 Å². The van der Waals surface area contributed by atoms with E-state index in [2.05, 4.69) is 41.2 Å².